The van der Waals surface area contributed by atoms with E-state index in [1.165, 1.54) is 6.07 Å². The molecule has 0 atom stereocenters. The molecule has 31 heavy (non-hydrogen) atoms. The van der Waals surface area contributed by atoms with Crippen molar-refractivity contribution in [2.75, 3.05) is 16.8 Å². The van der Waals surface area contributed by atoms with E-state index in [1.807, 2.05) is 6.92 Å². The number of halogens is 1. The normalized spacial score (nSPS) is 12.6. The Balaban J connectivity index is 1.53. The van der Waals surface area contributed by atoms with Gasteiger partial charge in [-0.1, -0.05) is 36.7 Å². The molecule has 1 heterocycles. The summed E-state index contributed by atoms with van der Waals surface area (Å²) < 4.78 is 5.56. The van der Waals surface area contributed by atoms with Crippen molar-refractivity contribution in [2.45, 2.75) is 13.3 Å². The van der Waals surface area contributed by atoms with Crippen LogP contribution < -0.4 is 15.0 Å². The van der Waals surface area contributed by atoms with E-state index in [-0.39, 0.29) is 10.9 Å². The summed E-state index contributed by atoms with van der Waals surface area (Å²) in [7, 11) is 0. The highest BCUT2D eigenvalue weighted by atomic mass is 35.5. The lowest BCUT2D eigenvalue weighted by Gasteiger charge is -2.16. The SMILES string of the molecule is CCCOc1cccc(C(=O)Nc2ccc(N3C(=O)c4ccccc4C3=O)cc2Cl)c1. The average Bonchev–Trinajstić information content (AvgIpc) is 3.04. The van der Waals surface area contributed by atoms with Crippen molar-refractivity contribution in [2.24, 2.45) is 0 Å². The second-order valence-corrected chi connectivity index (χ2v) is 7.39. The van der Waals surface area contributed by atoms with Gasteiger partial charge in [0.1, 0.15) is 5.75 Å². The molecule has 0 saturated carbocycles. The fraction of sp³-hybridized carbons (Fsp3) is 0.125. The van der Waals surface area contributed by atoms with E-state index in [4.69, 9.17) is 16.3 Å². The first-order valence-electron chi connectivity index (χ1n) is 9.81. The van der Waals surface area contributed by atoms with E-state index in [1.54, 1.807) is 60.7 Å². The van der Waals surface area contributed by atoms with Crippen molar-refractivity contribution in [1.29, 1.82) is 0 Å². The maximum atomic E-state index is 12.7. The largest absolute Gasteiger partial charge is 0.494 e. The highest BCUT2D eigenvalue weighted by molar-refractivity contribution is 6.37. The number of rotatable bonds is 6. The van der Waals surface area contributed by atoms with E-state index in [0.29, 0.717) is 40.4 Å². The Morgan fingerprint density at radius 3 is 2.32 bits per heavy atom. The number of carbonyl (C=O) groups excluding carboxylic acids is 3. The molecule has 0 saturated heterocycles. The smallest absolute Gasteiger partial charge is 0.266 e. The van der Waals surface area contributed by atoms with Gasteiger partial charge in [-0.3, -0.25) is 14.4 Å². The van der Waals surface area contributed by atoms with Crippen molar-refractivity contribution in [3.63, 3.8) is 0 Å². The average molecular weight is 435 g/mol. The van der Waals surface area contributed by atoms with Crippen molar-refractivity contribution in [3.05, 3.63) is 88.4 Å². The predicted octanol–water partition coefficient (Wildman–Crippen LogP) is 5.18. The van der Waals surface area contributed by atoms with E-state index < -0.39 is 11.8 Å². The molecular weight excluding hydrogens is 416 g/mol. The number of carbonyl (C=O) groups is 3. The van der Waals surface area contributed by atoms with Crippen LogP contribution in [-0.4, -0.2) is 24.3 Å². The summed E-state index contributed by atoms with van der Waals surface area (Å²) in [5, 5.41) is 2.96. The van der Waals surface area contributed by atoms with Gasteiger partial charge in [0.05, 0.1) is 34.1 Å². The van der Waals surface area contributed by atoms with Crippen LogP contribution in [0.5, 0.6) is 5.75 Å². The maximum absolute atomic E-state index is 12.7. The van der Waals surface area contributed by atoms with Gasteiger partial charge in [-0.05, 0) is 55.0 Å². The standard InChI is InChI=1S/C24H19ClN2O4/c1-2-12-31-17-7-5-6-15(13-17)22(28)26-21-11-10-16(14-20(21)25)27-23(29)18-8-3-4-9-19(18)24(27)30/h3-11,13-14H,2,12H2,1H3,(H,26,28). The quantitative estimate of drug-likeness (QED) is 0.542. The van der Waals surface area contributed by atoms with Gasteiger partial charge < -0.3 is 10.1 Å². The summed E-state index contributed by atoms with van der Waals surface area (Å²) in [4.78, 5) is 39.0. The minimum Gasteiger partial charge on any atom is -0.494 e. The summed E-state index contributed by atoms with van der Waals surface area (Å²) in [6.45, 7) is 2.57. The van der Waals surface area contributed by atoms with E-state index in [2.05, 4.69) is 5.32 Å². The van der Waals surface area contributed by atoms with Crippen molar-refractivity contribution in [1.82, 2.24) is 0 Å². The third-order valence-electron chi connectivity index (χ3n) is 4.82. The Morgan fingerprint density at radius 1 is 0.968 bits per heavy atom. The number of nitrogens with zero attached hydrogens (tertiary/aromatic N) is 1. The number of anilines is 2. The van der Waals surface area contributed by atoms with Gasteiger partial charge in [0.2, 0.25) is 0 Å². The molecule has 0 spiro atoms. The zero-order valence-corrected chi connectivity index (χ0v) is 17.5. The third-order valence-corrected chi connectivity index (χ3v) is 5.13. The van der Waals surface area contributed by atoms with Crippen molar-refractivity contribution in [3.8, 4) is 5.75 Å². The molecule has 3 amide bonds. The van der Waals surface area contributed by atoms with Crippen LogP contribution in [0.25, 0.3) is 0 Å². The maximum Gasteiger partial charge on any atom is 0.266 e. The Kier molecular flexibility index (Phi) is 5.73. The molecule has 6 nitrogen and oxygen atoms in total. The number of nitrogens with one attached hydrogen (secondary N) is 1. The molecule has 156 valence electrons. The lowest BCUT2D eigenvalue weighted by molar-refractivity contribution is 0.0924. The first-order valence-corrected chi connectivity index (χ1v) is 10.2. The number of amides is 3. The topological polar surface area (TPSA) is 75.7 Å². The Morgan fingerprint density at radius 2 is 1.68 bits per heavy atom. The van der Waals surface area contributed by atoms with Crippen LogP contribution in [0.1, 0.15) is 44.4 Å². The number of ether oxygens (including phenoxy) is 1. The Bertz CT molecular complexity index is 1160. The van der Waals surface area contributed by atoms with E-state index >= 15 is 0 Å². The molecule has 0 unspecified atom stereocenters. The van der Waals surface area contributed by atoms with E-state index in [9.17, 15) is 14.4 Å². The number of hydrogen-bond acceptors (Lipinski definition) is 4. The highest BCUT2D eigenvalue weighted by Crippen LogP contribution is 2.33. The molecular formula is C24H19ClN2O4. The molecule has 1 N–H and O–H groups in total. The fourth-order valence-electron chi connectivity index (χ4n) is 3.31. The minimum absolute atomic E-state index is 0.209. The van der Waals surface area contributed by atoms with Gasteiger partial charge in [0.25, 0.3) is 17.7 Å². The van der Waals surface area contributed by atoms with Gasteiger partial charge in [-0.15, -0.1) is 0 Å². The Labute approximate surface area is 184 Å². The van der Waals surface area contributed by atoms with Crippen LogP contribution in [0.3, 0.4) is 0 Å². The van der Waals surface area contributed by atoms with Gasteiger partial charge in [0, 0.05) is 5.56 Å². The summed E-state index contributed by atoms with van der Waals surface area (Å²) >= 11 is 6.36. The number of imide groups is 1. The van der Waals surface area contributed by atoms with Gasteiger partial charge in [0.15, 0.2) is 0 Å². The highest BCUT2D eigenvalue weighted by Gasteiger charge is 2.36. The van der Waals surface area contributed by atoms with E-state index in [0.717, 1.165) is 11.3 Å². The summed E-state index contributed by atoms with van der Waals surface area (Å²) in [6, 6.07) is 18.1. The third kappa shape index (κ3) is 4.02. The van der Waals surface area contributed by atoms with Crippen LogP contribution in [-0.2, 0) is 0 Å². The van der Waals surface area contributed by atoms with Crippen molar-refractivity contribution >= 4 is 40.7 Å². The predicted molar refractivity (Wildman–Crippen MR) is 119 cm³/mol. The molecule has 0 fully saturated rings. The van der Waals surface area contributed by atoms with Crippen LogP contribution in [0, 0.1) is 0 Å². The van der Waals surface area contributed by atoms with Crippen LogP contribution in [0.15, 0.2) is 66.7 Å². The Hall–Kier alpha value is -3.64. The molecule has 0 radical (unpaired) electrons. The van der Waals surface area contributed by atoms with Crippen LogP contribution in [0.2, 0.25) is 5.02 Å². The fourth-order valence-corrected chi connectivity index (χ4v) is 3.53. The first-order chi connectivity index (χ1) is 15.0. The molecule has 0 bridgehead atoms. The molecule has 0 aliphatic carbocycles. The number of fused-ring (bicyclic) bond motifs is 1. The first kappa shape index (κ1) is 20.6. The molecule has 3 aromatic rings. The van der Waals surface area contributed by atoms with Crippen LogP contribution in [0.4, 0.5) is 11.4 Å². The number of benzene rings is 3. The second-order valence-electron chi connectivity index (χ2n) is 6.99. The summed E-state index contributed by atoms with van der Waals surface area (Å²) in [5.74, 6) is -0.548. The van der Waals surface area contributed by atoms with Crippen molar-refractivity contribution < 1.29 is 19.1 Å². The summed E-state index contributed by atoms with van der Waals surface area (Å²) in [6.07, 6.45) is 0.867. The van der Waals surface area contributed by atoms with Crippen LogP contribution >= 0.6 is 11.6 Å². The molecule has 7 heteroatoms. The molecule has 1 aliphatic rings. The summed E-state index contributed by atoms with van der Waals surface area (Å²) in [5.41, 5.74) is 1.84. The monoisotopic (exact) mass is 434 g/mol. The second kappa shape index (κ2) is 8.62. The lowest BCUT2D eigenvalue weighted by atomic mass is 10.1. The van der Waals surface area contributed by atoms with Gasteiger partial charge >= 0.3 is 0 Å². The van der Waals surface area contributed by atoms with Gasteiger partial charge in [-0.2, -0.15) is 0 Å². The zero-order chi connectivity index (χ0) is 22.0. The van der Waals surface area contributed by atoms with Gasteiger partial charge in [-0.25, -0.2) is 4.90 Å². The number of hydrogen-bond donors (Lipinski definition) is 1. The molecule has 1 aliphatic heterocycles. The molecule has 4 rings (SSSR count). The molecule has 3 aromatic carbocycles. The zero-order valence-electron chi connectivity index (χ0n) is 16.7. The minimum atomic E-state index is -0.405. The molecule has 0 aromatic heterocycles. The lowest BCUT2D eigenvalue weighted by Crippen LogP contribution is -2.29.